The van der Waals surface area contributed by atoms with Gasteiger partial charge >= 0.3 is 0 Å². The highest BCUT2D eigenvalue weighted by Gasteiger charge is 2.14. The Morgan fingerprint density at radius 2 is 1.92 bits per heavy atom. The van der Waals surface area contributed by atoms with Gasteiger partial charge in [-0.25, -0.2) is 13.2 Å². The predicted octanol–water partition coefficient (Wildman–Crippen LogP) is 4.16. The van der Waals surface area contributed by atoms with Crippen LogP contribution in [0.3, 0.4) is 0 Å². The number of nitrogens with one attached hydrogen (secondary N) is 2. The molecule has 0 saturated heterocycles. The molecule has 2 N–H and O–H groups in total. The van der Waals surface area contributed by atoms with Crippen molar-refractivity contribution in [2.24, 2.45) is 0 Å². The minimum atomic E-state index is -0.884. The maximum atomic E-state index is 13.7. The topological polar surface area (TPSA) is 50.4 Å². The average Bonchev–Trinajstić information content (AvgIpc) is 2.55. The van der Waals surface area contributed by atoms with Crippen LogP contribution in [-0.4, -0.2) is 19.6 Å². The maximum Gasteiger partial charge on any atom is 0.238 e. The zero-order chi connectivity index (χ0) is 18.6. The smallest absolute Gasteiger partial charge is 0.238 e. The van der Waals surface area contributed by atoms with Gasteiger partial charge in [0.05, 0.1) is 19.3 Å². The minimum Gasteiger partial charge on any atom is -0.494 e. The van der Waals surface area contributed by atoms with Crippen LogP contribution >= 0.6 is 15.9 Å². The molecule has 0 aromatic heterocycles. The molecule has 2 rings (SSSR count). The molecule has 0 saturated carbocycles. The van der Waals surface area contributed by atoms with E-state index in [-0.39, 0.29) is 28.5 Å². The van der Waals surface area contributed by atoms with Gasteiger partial charge in [-0.2, -0.15) is 0 Å². The zero-order valence-corrected chi connectivity index (χ0v) is 15.1. The van der Waals surface area contributed by atoms with Gasteiger partial charge in [-0.15, -0.1) is 0 Å². The molecule has 0 fully saturated rings. The third-order valence-electron chi connectivity index (χ3n) is 3.52. The van der Waals surface area contributed by atoms with Gasteiger partial charge in [-0.05, 0) is 46.6 Å². The van der Waals surface area contributed by atoms with Crippen LogP contribution in [-0.2, 0) is 4.79 Å². The summed E-state index contributed by atoms with van der Waals surface area (Å²) in [5.41, 5.74) is 0.483. The lowest BCUT2D eigenvalue weighted by Gasteiger charge is -2.15. The SMILES string of the molecule is COc1ccc(C(C)NCC(=O)Nc2c(F)cc(F)cc2Br)cc1F. The van der Waals surface area contributed by atoms with Crippen molar-refractivity contribution in [1.82, 2.24) is 5.32 Å². The number of amides is 1. The average molecular weight is 417 g/mol. The van der Waals surface area contributed by atoms with E-state index < -0.39 is 23.4 Å². The third-order valence-corrected chi connectivity index (χ3v) is 4.14. The number of carbonyl (C=O) groups excluding carboxylic acids is 1. The second-order valence-electron chi connectivity index (χ2n) is 5.29. The molecular weight excluding hydrogens is 401 g/mol. The van der Waals surface area contributed by atoms with Gasteiger partial charge in [0.1, 0.15) is 5.82 Å². The number of hydrogen-bond acceptors (Lipinski definition) is 3. The largest absolute Gasteiger partial charge is 0.494 e. The normalized spacial score (nSPS) is 11.9. The van der Waals surface area contributed by atoms with E-state index in [9.17, 15) is 18.0 Å². The molecule has 0 aliphatic heterocycles. The second-order valence-corrected chi connectivity index (χ2v) is 6.14. The quantitative estimate of drug-likeness (QED) is 0.742. The summed E-state index contributed by atoms with van der Waals surface area (Å²) >= 11 is 3.00. The van der Waals surface area contributed by atoms with Gasteiger partial charge in [-0.1, -0.05) is 6.07 Å². The van der Waals surface area contributed by atoms with E-state index >= 15 is 0 Å². The second kappa shape index (κ2) is 8.35. The van der Waals surface area contributed by atoms with Crippen molar-refractivity contribution in [3.8, 4) is 5.75 Å². The summed E-state index contributed by atoms with van der Waals surface area (Å²) in [6.07, 6.45) is 0. The fraction of sp³-hybridized carbons (Fsp3) is 0.235. The Balaban J connectivity index is 1.97. The number of methoxy groups -OCH3 is 1. The van der Waals surface area contributed by atoms with Crippen molar-refractivity contribution in [3.05, 3.63) is 57.8 Å². The van der Waals surface area contributed by atoms with E-state index in [0.717, 1.165) is 6.07 Å². The third kappa shape index (κ3) is 4.96. The highest BCUT2D eigenvalue weighted by molar-refractivity contribution is 9.10. The molecule has 1 amide bonds. The van der Waals surface area contributed by atoms with Gasteiger partial charge < -0.3 is 15.4 Å². The molecule has 0 aliphatic rings. The zero-order valence-electron chi connectivity index (χ0n) is 13.5. The first-order chi connectivity index (χ1) is 11.8. The summed E-state index contributed by atoms with van der Waals surface area (Å²) in [7, 11) is 1.37. The highest BCUT2D eigenvalue weighted by Crippen LogP contribution is 2.27. The number of ether oxygens (including phenoxy) is 1. The summed E-state index contributed by atoms with van der Waals surface area (Å²) < 4.78 is 45.4. The van der Waals surface area contributed by atoms with Crippen LogP contribution in [0.4, 0.5) is 18.9 Å². The van der Waals surface area contributed by atoms with Crippen LogP contribution in [0.25, 0.3) is 0 Å². The lowest BCUT2D eigenvalue weighted by atomic mass is 10.1. The Hall–Kier alpha value is -2.06. The standard InChI is InChI=1S/C17H16BrF3N2O2/c1-9(10-3-4-15(25-2)13(20)5-10)22-8-16(24)23-17-12(18)6-11(19)7-14(17)21/h3-7,9,22H,8H2,1-2H3,(H,23,24). The molecule has 2 aromatic rings. The first-order valence-electron chi connectivity index (χ1n) is 7.33. The minimum absolute atomic E-state index is 0.101. The molecule has 1 atom stereocenters. The van der Waals surface area contributed by atoms with Crippen molar-refractivity contribution < 1.29 is 22.7 Å². The molecule has 134 valence electrons. The summed E-state index contributed by atoms with van der Waals surface area (Å²) in [4.78, 5) is 12.0. The van der Waals surface area contributed by atoms with Crippen LogP contribution in [0, 0.1) is 17.5 Å². The van der Waals surface area contributed by atoms with Gasteiger partial charge in [0.15, 0.2) is 17.4 Å². The molecule has 8 heteroatoms. The number of rotatable bonds is 6. The van der Waals surface area contributed by atoms with Crippen LogP contribution in [0.5, 0.6) is 5.75 Å². The van der Waals surface area contributed by atoms with Gasteiger partial charge in [0, 0.05) is 16.6 Å². The Morgan fingerprint density at radius 1 is 1.20 bits per heavy atom. The first-order valence-corrected chi connectivity index (χ1v) is 8.12. The Labute approximate surface area is 151 Å². The summed E-state index contributed by atoms with van der Waals surface area (Å²) in [6, 6.07) is 5.88. The molecule has 0 bridgehead atoms. The first kappa shape index (κ1) is 19.3. The van der Waals surface area contributed by atoms with Crippen LogP contribution in [0.1, 0.15) is 18.5 Å². The number of halogens is 4. The summed E-state index contributed by atoms with van der Waals surface area (Å²) in [5, 5.41) is 5.26. The molecule has 0 spiro atoms. The number of carbonyl (C=O) groups is 1. The van der Waals surface area contributed by atoms with E-state index in [1.54, 1.807) is 13.0 Å². The van der Waals surface area contributed by atoms with Crippen molar-refractivity contribution >= 4 is 27.5 Å². The van der Waals surface area contributed by atoms with Crippen LogP contribution in [0.15, 0.2) is 34.8 Å². The van der Waals surface area contributed by atoms with E-state index in [4.69, 9.17) is 4.74 Å². The van der Waals surface area contributed by atoms with Gasteiger partial charge in [0.25, 0.3) is 0 Å². The fourth-order valence-corrected chi connectivity index (χ4v) is 2.67. The molecule has 0 radical (unpaired) electrons. The van der Waals surface area contributed by atoms with Crippen molar-refractivity contribution in [1.29, 1.82) is 0 Å². The molecule has 1 unspecified atom stereocenters. The number of anilines is 1. The Bertz CT molecular complexity index is 763. The lowest BCUT2D eigenvalue weighted by Crippen LogP contribution is -2.30. The van der Waals surface area contributed by atoms with Crippen LogP contribution < -0.4 is 15.4 Å². The fourth-order valence-electron chi connectivity index (χ4n) is 2.16. The summed E-state index contributed by atoms with van der Waals surface area (Å²) in [6.45, 7) is 1.61. The maximum absolute atomic E-state index is 13.7. The van der Waals surface area contributed by atoms with Gasteiger partial charge in [-0.3, -0.25) is 4.79 Å². The Kier molecular flexibility index (Phi) is 6.44. The van der Waals surface area contributed by atoms with Crippen molar-refractivity contribution in [2.45, 2.75) is 13.0 Å². The lowest BCUT2D eigenvalue weighted by molar-refractivity contribution is -0.115. The highest BCUT2D eigenvalue weighted by atomic mass is 79.9. The van der Waals surface area contributed by atoms with Gasteiger partial charge in [0.2, 0.25) is 5.91 Å². The number of benzene rings is 2. The molecule has 25 heavy (non-hydrogen) atoms. The molecule has 4 nitrogen and oxygen atoms in total. The van der Waals surface area contributed by atoms with E-state index in [1.807, 2.05) is 0 Å². The van der Waals surface area contributed by atoms with E-state index in [1.165, 1.54) is 19.2 Å². The van der Waals surface area contributed by atoms with Crippen LogP contribution in [0.2, 0.25) is 0 Å². The monoisotopic (exact) mass is 416 g/mol. The molecule has 0 heterocycles. The molecule has 2 aromatic carbocycles. The molecule has 0 aliphatic carbocycles. The van der Waals surface area contributed by atoms with E-state index in [2.05, 4.69) is 26.6 Å². The van der Waals surface area contributed by atoms with Crippen molar-refractivity contribution in [2.75, 3.05) is 19.0 Å². The van der Waals surface area contributed by atoms with Crippen molar-refractivity contribution in [3.63, 3.8) is 0 Å². The Morgan fingerprint density at radius 3 is 2.52 bits per heavy atom. The number of hydrogen-bond donors (Lipinski definition) is 2. The predicted molar refractivity (Wildman–Crippen MR) is 92.1 cm³/mol. The summed E-state index contributed by atoms with van der Waals surface area (Å²) in [5.74, 6) is -2.53. The molecular formula is C17H16BrF3N2O2. The van der Waals surface area contributed by atoms with E-state index in [0.29, 0.717) is 11.6 Å².